The molecule has 1 unspecified atom stereocenters. The van der Waals surface area contributed by atoms with Crippen molar-refractivity contribution in [3.63, 3.8) is 0 Å². The Bertz CT molecular complexity index is 1360. The molecular weight excluding hydrogens is 488 g/mol. The number of aromatic nitrogens is 1. The van der Waals surface area contributed by atoms with Crippen molar-refractivity contribution in [2.75, 3.05) is 11.5 Å². The Morgan fingerprint density at radius 3 is 2.46 bits per heavy atom. The van der Waals surface area contributed by atoms with Gasteiger partial charge >= 0.3 is 11.9 Å². The Morgan fingerprint density at radius 1 is 1.17 bits per heavy atom. The Balaban J connectivity index is 1.88. The fourth-order valence-corrected chi connectivity index (χ4v) is 4.85. The van der Waals surface area contributed by atoms with E-state index in [1.807, 2.05) is 19.1 Å². The van der Waals surface area contributed by atoms with Crippen molar-refractivity contribution < 1.29 is 24.2 Å². The van der Waals surface area contributed by atoms with E-state index in [4.69, 9.17) is 16.3 Å². The standard InChI is InChI=1S/C26H21ClN2O5S/c1-4-13-34-25(33)23-15(3)28-26(35-23)29-20(16-7-5-14(2)6-8-16)19(22(31)24(29)32)21(30)17-9-11-18(27)12-10-17/h4-12,20,30H,1,13H2,2-3H3/b21-19+. The van der Waals surface area contributed by atoms with Crippen LogP contribution in [-0.4, -0.2) is 34.4 Å². The number of carbonyl (C=O) groups is 3. The van der Waals surface area contributed by atoms with E-state index in [2.05, 4.69) is 11.6 Å². The monoisotopic (exact) mass is 508 g/mol. The summed E-state index contributed by atoms with van der Waals surface area (Å²) in [7, 11) is 0. The van der Waals surface area contributed by atoms with E-state index < -0.39 is 23.7 Å². The van der Waals surface area contributed by atoms with Crippen LogP contribution in [0.2, 0.25) is 5.02 Å². The van der Waals surface area contributed by atoms with Crippen molar-refractivity contribution in [3.8, 4) is 0 Å². The molecule has 35 heavy (non-hydrogen) atoms. The molecule has 178 valence electrons. The Morgan fingerprint density at radius 2 is 1.83 bits per heavy atom. The largest absolute Gasteiger partial charge is 0.507 e. The topological polar surface area (TPSA) is 96.8 Å². The molecule has 3 aromatic rings. The number of nitrogens with zero attached hydrogens (tertiary/aromatic N) is 2. The van der Waals surface area contributed by atoms with Crippen molar-refractivity contribution >= 4 is 51.5 Å². The third-order valence-electron chi connectivity index (χ3n) is 5.46. The summed E-state index contributed by atoms with van der Waals surface area (Å²) in [6.45, 7) is 7.09. The fourth-order valence-electron chi connectivity index (χ4n) is 3.73. The van der Waals surface area contributed by atoms with E-state index in [1.54, 1.807) is 43.3 Å². The highest BCUT2D eigenvalue weighted by Crippen LogP contribution is 2.44. The van der Waals surface area contributed by atoms with E-state index in [-0.39, 0.29) is 27.9 Å². The average Bonchev–Trinajstić information content (AvgIpc) is 3.35. The molecule has 1 atom stereocenters. The third kappa shape index (κ3) is 4.62. The number of aliphatic hydroxyl groups is 1. The zero-order valence-corrected chi connectivity index (χ0v) is 20.5. The second kappa shape index (κ2) is 9.85. The van der Waals surface area contributed by atoms with Gasteiger partial charge in [-0.1, -0.05) is 65.4 Å². The number of halogens is 1. The lowest BCUT2D eigenvalue weighted by atomic mass is 9.95. The first-order valence-electron chi connectivity index (χ1n) is 10.6. The summed E-state index contributed by atoms with van der Waals surface area (Å²) in [4.78, 5) is 44.8. The maximum Gasteiger partial charge on any atom is 0.350 e. The van der Waals surface area contributed by atoms with Gasteiger partial charge in [-0.2, -0.15) is 0 Å². The van der Waals surface area contributed by atoms with Gasteiger partial charge in [0.1, 0.15) is 17.2 Å². The van der Waals surface area contributed by atoms with Gasteiger partial charge in [0.2, 0.25) is 0 Å². The van der Waals surface area contributed by atoms with Crippen LogP contribution in [0.5, 0.6) is 0 Å². The molecule has 1 aliphatic heterocycles. The molecule has 1 fully saturated rings. The normalized spacial score (nSPS) is 17.0. The predicted octanol–water partition coefficient (Wildman–Crippen LogP) is 5.38. The summed E-state index contributed by atoms with van der Waals surface area (Å²) in [5.74, 6) is -2.64. The number of ether oxygens (including phenoxy) is 1. The number of aryl methyl sites for hydroxylation is 2. The smallest absolute Gasteiger partial charge is 0.350 e. The summed E-state index contributed by atoms with van der Waals surface area (Å²) >= 11 is 6.91. The number of hydrogen-bond acceptors (Lipinski definition) is 7. The molecule has 2 aromatic carbocycles. The van der Waals surface area contributed by atoms with E-state index in [0.717, 1.165) is 16.9 Å². The number of esters is 1. The highest BCUT2D eigenvalue weighted by atomic mass is 35.5. The minimum absolute atomic E-state index is 0.0283. The minimum atomic E-state index is -0.950. The SMILES string of the molecule is C=CCOC(=O)c1sc(N2C(=O)C(=O)/C(=C(/O)c3ccc(Cl)cc3)C2c2ccc(C)cc2)nc1C. The summed E-state index contributed by atoms with van der Waals surface area (Å²) in [6.07, 6.45) is 1.45. The minimum Gasteiger partial charge on any atom is -0.507 e. The van der Waals surface area contributed by atoms with Crippen LogP contribution < -0.4 is 4.90 Å². The average molecular weight is 509 g/mol. The van der Waals surface area contributed by atoms with Gasteiger partial charge in [-0.15, -0.1) is 0 Å². The zero-order valence-electron chi connectivity index (χ0n) is 18.9. The van der Waals surface area contributed by atoms with Gasteiger partial charge in [0.25, 0.3) is 5.78 Å². The number of rotatable bonds is 6. The number of amides is 1. The fraction of sp³-hybridized carbons (Fsp3) is 0.154. The molecule has 0 radical (unpaired) electrons. The molecule has 0 spiro atoms. The van der Waals surface area contributed by atoms with Gasteiger partial charge in [0.05, 0.1) is 17.3 Å². The number of anilines is 1. The number of benzene rings is 2. The zero-order chi connectivity index (χ0) is 25.3. The Hall–Kier alpha value is -3.75. The molecule has 1 aliphatic rings. The van der Waals surface area contributed by atoms with Crippen LogP contribution >= 0.6 is 22.9 Å². The van der Waals surface area contributed by atoms with Gasteiger partial charge in [-0.3, -0.25) is 14.5 Å². The van der Waals surface area contributed by atoms with Crippen molar-refractivity contribution in [1.82, 2.24) is 4.98 Å². The summed E-state index contributed by atoms with van der Waals surface area (Å²) in [5.41, 5.74) is 2.22. The van der Waals surface area contributed by atoms with Gasteiger partial charge in [-0.25, -0.2) is 9.78 Å². The molecule has 7 nitrogen and oxygen atoms in total. The molecule has 1 amide bonds. The quantitative estimate of drug-likeness (QED) is 0.158. The highest BCUT2D eigenvalue weighted by molar-refractivity contribution is 7.17. The van der Waals surface area contributed by atoms with E-state index >= 15 is 0 Å². The predicted molar refractivity (Wildman–Crippen MR) is 135 cm³/mol. The maximum atomic E-state index is 13.3. The molecule has 1 aromatic heterocycles. The first-order valence-corrected chi connectivity index (χ1v) is 11.8. The van der Waals surface area contributed by atoms with Crippen LogP contribution in [0.15, 0.2) is 66.8 Å². The molecular formula is C26H21ClN2O5S. The number of hydrogen-bond donors (Lipinski definition) is 1. The molecule has 0 aliphatic carbocycles. The van der Waals surface area contributed by atoms with Crippen LogP contribution in [0, 0.1) is 13.8 Å². The summed E-state index contributed by atoms with van der Waals surface area (Å²) < 4.78 is 5.12. The van der Waals surface area contributed by atoms with E-state index in [1.165, 1.54) is 11.0 Å². The van der Waals surface area contributed by atoms with Crippen LogP contribution in [-0.2, 0) is 14.3 Å². The number of ketones is 1. The van der Waals surface area contributed by atoms with Gasteiger partial charge in [0, 0.05) is 10.6 Å². The van der Waals surface area contributed by atoms with Crippen molar-refractivity contribution in [3.05, 3.63) is 99.0 Å². The van der Waals surface area contributed by atoms with Gasteiger partial charge in [-0.05, 0) is 43.7 Å². The molecule has 9 heteroatoms. The first kappa shape index (κ1) is 24.4. The Kier molecular flexibility index (Phi) is 6.86. The van der Waals surface area contributed by atoms with Crippen molar-refractivity contribution in [2.24, 2.45) is 0 Å². The molecule has 0 bridgehead atoms. The molecule has 1 N–H and O–H groups in total. The lowest BCUT2D eigenvalue weighted by molar-refractivity contribution is -0.132. The van der Waals surface area contributed by atoms with E-state index in [9.17, 15) is 19.5 Å². The van der Waals surface area contributed by atoms with Gasteiger partial charge in [0.15, 0.2) is 5.13 Å². The molecule has 4 rings (SSSR count). The number of thiazole rings is 1. The number of Topliss-reactive ketones (excluding diaryl/α,β-unsaturated/α-hetero) is 1. The molecule has 2 heterocycles. The number of aliphatic hydroxyl groups excluding tert-OH is 1. The third-order valence-corrected chi connectivity index (χ3v) is 6.85. The first-order chi connectivity index (χ1) is 16.7. The van der Waals surface area contributed by atoms with Crippen molar-refractivity contribution in [1.29, 1.82) is 0 Å². The van der Waals surface area contributed by atoms with Crippen LogP contribution in [0.3, 0.4) is 0 Å². The maximum absolute atomic E-state index is 13.3. The van der Waals surface area contributed by atoms with E-state index in [0.29, 0.717) is 21.8 Å². The van der Waals surface area contributed by atoms with Crippen LogP contribution in [0.1, 0.15) is 38.1 Å². The summed E-state index contributed by atoms with van der Waals surface area (Å²) in [5, 5.41) is 11.7. The summed E-state index contributed by atoms with van der Waals surface area (Å²) in [6, 6.07) is 12.6. The van der Waals surface area contributed by atoms with Crippen molar-refractivity contribution in [2.45, 2.75) is 19.9 Å². The second-order valence-electron chi connectivity index (χ2n) is 7.88. The Labute approximate surface area is 210 Å². The molecule has 0 saturated carbocycles. The lowest BCUT2D eigenvalue weighted by Crippen LogP contribution is -2.29. The van der Waals surface area contributed by atoms with Crippen LogP contribution in [0.25, 0.3) is 5.76 Å². The molecule has 1 saturated heterocycles. The van der Waals surface area contributed by atoms with Crippen LogP contribution in [0.4, 0.5) is 5.13 Å². The highest BCUT2D eigenvalue weighted by Gasteiger charge is 2.48. The second-order valence-corrected chi connectivity index (χ2v) is 9.30. The lowest BCUT2D eigenvalue weighted by Gasteiger charge is -2.23. The number of carbonyl (C=O) groups excluding carboxylic acids is 3. The van der Waals surface area contributed by atoms with Gasteiger partial charge < -0.3 is 9.84 Å².